The summed E-state index contributed by atoms with van der Waals surface area (Å²) in [6.07, 6.45) is 1.26. The lowest BCUT2D eigenvalue weighted by Gasteiger charge is -2.30. The largest absolute Gasteiger partial charge is 0.481 e. The fourth-order valence-corrected chi connectivity index (χ4v) is 2.60. The summed E-state index contributed by atoms with van der Waals surface area (Å²) in [7, 11) is 1.43. The molecule has 2 amide bonds. The van der Waals surface area contributed by atoms with Crippen molar-refractivity contribution in [1.29, 1.82) is 0 Å². The van der Waals surface area contributed by atoms with Crippen molar-refractivity contribution < 1.29 is 24.2 Å². The number of carboxylic acid groups (broad SMARTS) is 1. The first-order chi connectivity index (χ1) is 11.0. The van der Waals surface area contributed by atoms with Crippen molar-refractivity contribution in [2.75, 3.05) is 32.1 Å². The van der Waals surface area contributed by atoms with Crippen molar-refractivity contribution in [3.05, 3.63) is 29.8 Å². The third-order valence-corrected chi connectivity index (χ3v) is 3.73. The van der Waals surface area contributed by atoms with E-state index in [-0.39, 0.29) is 25.0 Å². The molecule has 1 aromatic carbocycles. The molecule has 1 fully saturated rings. The van der Waals surface area contributed by atoms with Crippen LogP contribution in [0.4, 0.5) is 5.69 Å². The number of anilines is 1. The molecule has 0 saturated carbocycles. The van der Waals surface area contributed by atoms with E-state index < -0.39 is 11.9 Å². The fraction of sp³-hybridized carbons (Fsp3) is 0.438. The smallest absolute Gasteiger partial charge is 0.308 e. The van der Waals surface area contributed by atoms with Crippen LogP contribution >= 0.6 is 0 Å². The summed E-state index contributed by atoms with van der Waals surface area (Å²) in [5.74, 6) is -1.92. The molecular weight excluding hydrogens is 300 g/mol. The molecule has 1 heterocycles. The summed E-state index contributed by atoms with van der Waals surface area (Å²) in [6, 6.07) is 6.59. The zero-order valence-electron chi connectivity index (χ0n) is 12.9. The van der Waals surface area contributed by atoms with Gasteiger partial charge >= 0.3 is 5.97 Å². The van der Waals surface area contributed by atoms with Gasteiger partial charge in [-0.15, -0.1) is 0 Å². The second-order valence-electron chi connectivity index (χ2n) is 5.49. The molecule has 0 bridgehead atoms. The van der Waals surface area contributed by atoms with E-state index >= 15 is 0 Å². The Hall–Kier alpha value is -2.41. The average Bonchev–Trinajstić information content (AvgIpc) is 2.54. The van der Waals surface area contributed by atoms with Crippen LogP contribution in [-0.4, -0.2) is 54.6 Å². The van der Waals surface area contributed by atoms with Crippen molar-refractivity contribution in [1.82, 2.24) is 4.90 Å². The highest BCUT2D eigenvalue weighted by Crippen LogP contribution is 2.20. The zero-order valence-corrected chi connectivity index (χ0v) is 12.9. The number of piperidine rings is 1. The predicted octanol–water partition coefficient (Wildman–Crippen LogP) is 1.21. The minimum Gasteiger partial charge on any atom is -0.481 e. The fourth-order valence-electron chi connectivity index (χ4n) is 2.60. The van der Waals surface area contributed by atoms with Crippen molar-refractivity contribution in [2.24, 2.45) is 5.92 Å². The molecule has 0 aromatic heterocycles. The van der Waals surface area contributed by atoms with Crippen LogP contribution in [0.2, 0.25) is 0 Å². The topological polar surface area (TPSA) is 95.9 Å². The first-order valence-electron chi connectivity index (χ1n) is 7.42. The van der Waals surface area contributed by atoms with Crippen LogP contribution in [0, 0.1) is 5.92 Å². The maximum atomic E-state index is 12.5. The summed E-state index contributed by atoms with van der Waals surface area (Å²) < 4.78 is 4.74. The number of aliphatic carboxylic acids is 1. The number of carbonyl (C=O) groups is 3. The molecule has 23 heavy (non-hydrogen) atoms. The summed E-state index contributed by atoms with van der Waals surface area (Å²) in [5.41, 5.74) is 0.927. The first kappa shape index (κ1) is 17.0. The maximum Gasteiger partial charge on any atom is 0.308 e. The standard InChI is InChI=1S/C16H20N2O5/c1-23-10-14(19)17-13-6-2-4-11(8-13)15(20)18-7-3-5-12(9-18)16(21)22/h2,4,6,8,12H,3,5,7,9-10H2,1H3,(H,17,19)(H,21,22). The van der Waals surface area contributed by atoms with Crippen LogP contribution < -0.4 is 5.32 Å². The lowest BCUT2D eigenvalue weighted by molar-refractivity contribution is -0.143. The Morgan fingerprint density at radius 2 is 2.17 bits per heavy atom. The number of methoxy groups -OCH3 is 1. The van der Waals surface area contributed by atoms with Crippen molar-refractivity contribution in [2.45, 2.75) is 12.8 Å². The van der Waals surface area contributed by atoms with Crippen LogP contribution in [0.15, 0.2) is 24.3 Å². The minimum absolute atomic E-state index is 0.0649. The lowest BCUT2D eigenvalue weighted by atomic mass is 9.97. The SMILES string of the molecule is COCC(=O)Nc1cccc(C(=O)N2CCCC(C(=O)O)C2)c1. The molecule has 0 radical (unpaired) electrons. The van der Waals surface area contributed by atoms with Gasteiger partial charge in [-0.1, -0.05) is 6.07 Å². The normalized spacial score (nSPS) is 17.6. The molecule has 1 aliphatic rings. The van der Waals surface area contributed by atoms with Crippen molar-refractivity contribution in [3.63, 3.8) is 0 Å². The molecule has 0 aliphatic carbocycles. The minimum atomic E-state index is -0.872. The van der Waals surface area contributed by atoms with Gasteiger partial charge in [-0.05, 0) is 31.0 Å². The van der Waals surface area contributed by atoms with Gasteiger partial charge in [-0.3, -0.25) is 14.4 Å². The van der Waals surface area contributed by atoms with E-state index in [1.54, 1.807) is 29.2 Å². The quantitative estimate of drug-likeness (QED) is 0.850. The van der Waals surface area contributed by atoms with E-state index in [0.29, 0.717) is 30.6 Å². The summed E-state index contributed by atoms with van der Waals surface area (Å²) >= 11 is 0. The number of nitrogens with zero attached hydrogens (tertiary/aromatic N) is 1. The monoisotopic (exact) mass is 320 g/mol. The van der Waals surface area contributed by atoms with Gasteiger partial charge in [0.1, 0.15) is 6.61 Å². The van der Waals surface area contributed by atoms with E-state index in [4.69, 9.17) is 9.84 Å². The van der Waals surface area contributed by atoms with E-state index in [2.05, 4.69) is 5.32 Å². The third kappa shape index (κ3) is 4.53. The van der Waals surface area contributed by atoms with Gasteiger partial charge in [0, 0.05) is 31.5 Å². The number of rotatable bonds is 5. The van der Waals surface area contributed by atoms with Gasteiger partial charge in [0.05, 0.1) is 5.92 Å². The molecular formula is C16H20N2O5. The van der Waals surface area contributed by atoms with Crippen LogP contribution in [-0.2, 0) is 14.3 Å². The van der Waals surface area contributed by atoms with E-state index in [1.807, 2.05) is 0 Å². The number of nitrogens with one attached hydrogen (secondary N) is 1. The maximum absolute atomic E-state index is 12.5. The highest BCUT2D eigenvalue weighted by atomic mass is 16.5. The number of hydrogen-bond donors (Lipinski definition) is 2. The molecule has 2 N–H and O–H groups in total. The van der Waals surface area contributed by atoms with Crippen LogP contribution in [0.25, 0.3) is 0 Å². The van der Waals surface area contributed by atoms with Crippen molar-refractivity contribution in [3.8, 4) is 0 Å². The molecule has 1 aliphatic heterocycles. The average molecular weight is 320 g/mol. The van der Waals surface area contributed by atoms with Crippen molar-refractivity contribution >= 4 is 23.5 Å². The van der Waals surface area contributed by atoms with Gasteiger partial charge in [0.15, 0.2) is 0 Å². The summed E-state index contributed by atoms with van der Waals surface area (Å²) in [4.78, 5) is 36.7. The summed E-state index contributed by atoms with van der Waals surface area (Å²) in [5, 5.41) is 11.7. The Balaban J connectivity index is 2.07. The van der Waals surface area contributed by atoms with Gasteiger partial charge < -0.3 is 20.1 Å². The number of likely N-dealkylation sites (tertiary alicyclic amines) is 1. The van der Waals surface area contributed by atoms with E-state index in [1.165, 1.54) is 7.11 Å². The first-order valence-corrected chi connectivity index (χ1v) is 7.42. The highest BCUT2D eigenvalue weighted by molar-refractivity contribution is 5.97. The second kappa shape index (κ2) is 7.73. The molecule has 1 aromatic rings. The highest BCUT2D eigenvalue weighted by Gasteiger charge is 2.28. The Bertz CT molecular complexity index is 602. The number of ether oxygens (including phenoxy) is 1. The van der Waals surface area contributed by atoms with E-state index in [9.17, 15) is 14.4 Å². The van der Waals surface area contributed by atoms with Crippen LogP contribution in [0.5, 0.6) is 0 Å². The summed E-state index contributed by atoms with van der Waals surface area (Å²) in [6.45, 7) is 0.696. The van der Waals surface area contributed by atoms with Gasteiger partial charge in [0.2, 0.25) is 5.91 Å². The molecule has 7 nitrogen and oxygen atoms in total. The molecule has 2 rings (SSSR count). The van der Waals surface area contributed by atoms with Crippen LogP contribution in [0.3, 0.4) is 0 Å². The van der Waals surface area contributed by atoms with Gasteiger partial charge in [-0.2, -0.15) is 0 Å². The Morgan fingerprint density at radius 1 is 1.39 bits per heavy atom. The number of carbonyl (C=O) groups excluding carboxylic acids is 2. The lowest BCUT2D eigenvalue weighted by Crippen LogP contribution is -2.42. The number of benzene rings is 1. The molecule has 7 heteroatoms. The Labute approximate surface area is 134 Å². The van der Waals surface area contributed by atoms with Gasteiger partial charge in [-0.25, -0.2) is 0 Å². The second-order valence-corrected chi connectivity index (χ2v) is 5.49. The predicted molar refractivity (Wildman–Crippen MR) is 83.2 cm³/mol. The zero-order chi connectivity index (χ0) is 16.8. The molecule has 124 valence electrons. The van der Waals surface area contributed by atoms with Gasteiger partial charge in [0.25, 0.3) is 5.91 Å². The Morgan fingerprint density at radius 3 is 2.87 bits per heavy atom. The molecule has 1 atom stereocenters. The molecule has 1 unspecified atom stereocenters. The van der Waals surface area contributed by atoms with Crippen LogP contribution in [0.1, 0.15) is 23.2 Å². The number of hydrogen-bond acceptors (Lipinski definition) is 4. The third-order valence-electron chi connectivity index (χ3n) is 3.73. The number of carboxylic acids is 1. The molecule has 1 saturated heterocycles. The molecule has 0 spiro atoms. The Kier molecular flexibility index (Phi) is 5.70. The number of amides is 2. The van der Waals surface area contributed by atoms with E-state index in [0.717, 1.165) is 0 Å².